The van der Waals surface area contributed by atoms with E-state index in [1.807, 2.05) is 57.2 Å². The van der Waals surface area contributed by atoms with E-state index in [2.05, 4.69) is 10.6 Å². The molecule has 0 heterocycles. The Morgan fingerprint density at radius 2 is 1.72 bits per heavy atom. The number of amides is 2. The van der Waals surface area contributed by atoms with E-state index in [0.717, 1.165) is 29.5 Å². The minimum Gasteiger partial charge on any atom is -0.454 e. The molecule has 0 aliphatic rings. The molecule has 0 unspecified atom stereocenters. The van der Waals surface area contributed by atoms with Gasteiger partial charge in [-0.3, -0.25) is 14.4 Å². The lowest BCUT2D eigenvalue weighted by atomic mass is 10.0. The average molecular weight is 396 g/mol. The predicted octanol–water partition coefficient (Wildman–Crippen LogP) is 3.23. The summed E-state index contributed by atoms with van der Waals surface area (Å²) in [5.74, 6) is -1.40. The summed E-state index contributed by atoms with van der Waals surface area (Å²) in [6.45, 7) is 5.24. The first-order chi connectivity index (χ1) is 13.9. The van der Waals surface area contributed by atoms with Crippen molar-refractivity contribution in [1.29, 1.82) is 0 Å². The van der Waals surface area contributed by atoms with Gasteiger partial charge in [0.2, 0.25) is 0 Å². The van der Waals surface area contributed by atoms with Crippen LogP contribution in [-0.2, 0) is 14.3 Å². The number of ether oxygens (including phenoxy) is 1. The Bertz CT molecular complexity index is 849. The second-order valence-corrected chi connectivity index (χ2v) is 6.96. The van der Waals surface area contributed by atoms with E-state index < -0.39 is 5.97 Å². The molecule has 2 aromatic rings. The lowest BCUT2D eigenvalue weighted by Gasteiger charge is -2.18. The summed E-state index contributed by atoms with van der Waals surface area (Å²) in [5.41, 5.74) is 3.57. The van der Waals surface area contributed by atoms with Crippen LogP contribution in [0.15, 0.2) is 48.5 Å². The number of hydrogen-bond donors (Lipinski definition) is 2. The fourth-order valence-corrected chi connectivity index (χ4v) is 2.87. The third-order valence-electron chi connectivity index (χ3n) is 4.64. The fraction of sp³-hybridized carbons (Fsp3) is 0.348. The Labute approximate surface area is 171 Å². The van der Waals surface area contributed by atoms with Crippen LogP contribution in [0.5, 0.6) is 0 Å². The van der Waals surface area contributed by atoms with Crippen LogP contribution in [0.2, 0.25) is 0 Å². The fourth-order valence-electron chi connectivity index (χ4n) is 2.87. The van der Waals surface area contributed by atoms with Gasteiger partial charge in [0.15, 0.2) is 6.61 Å². The van der Waals surface area contributed by atoms with Crippen LogP contribution in [0.1, 0.15) is 52.9 Å². The Hall–Kier alpha value is -3.15. The monoisotopic (exact) mass is 396 g/mol. The molecule has 154 valence electrons. The van der Waals surface area contributed by atoms with Gasteiger partial charge in [-0.15, -0.1) is 0 Å². The van der Waals surface area contributed by atoms with E-state index in [0.29, 0.717) is 5.56 Å². The molecule has 0 aliphatic carbocycles. The molecule has 0 radical (unpaired) electrons. The maximum absolute atomic E-state index is 12.2. The zero-order valence-corrected chi connectivity index (χ0v) is 17.2. The normalized spacial score (nSPS) is 11.4. The van der Waals surface area contributed by atoms with Gasteiger partial charge in [-0.25, -0.2) is 0 Å². The first-order valence-electron chi connectivity index (χ1n) is 9.76. The molecule has 0 saturated heterocycles. The van der Waals surface area contributed by atoms with Crippen molar-refractivity contribution in [1.82, 2.24) is 10.6 Å². The van der Waals surface area contributed by atoms with E-state index in [4.69, 9.17) is 4.74 Å². The van der Waals surface area contributed by atoms with Crippen molar-refractivity contribution < 1.29 is 19.1 Å². The standard InChI is InChI=1S/C23H28N2O4/c1-4-8-20(18-9-6-5-7-10-18)25-21(26)15-29-22(27)14-24-23(28)19-12-11-16(2)17(3)13-19/h5-7,9-13,20H,4,8,14-15H2,1-3H3,(H,24,28)(H,25,26)/t20-/m0/s1. The Kier molecular flexibility index (Phi) is 8.40. The Morgan fingerprint density at radius 1 is 1.00 bits per heavy atom. The van der Waals surface area contributed by atoms with Crippen LogP contribution in [0.4, 0.5) is 0 Å². The largest absolute Gasteiger partial charge is 0.454 e. The summed E-state index contributed by atoms with van der Waals surface area (Å²) in [4.78, 5) is 36.2. The second-order valence-electron chi connectivity index (χ2n) is 6.96. The third-order valence-corrected chi connectivity index (χ3v) is 4.64. The lowest BCUT2D eigenvalue weighted by Crippen LogP contribution is -2.35. The van der Waals surface area contributed by atoms with Crippen molar-refractivity contribution in [2.75, 3.05) is 13.2 Å². The van der Waals surface area contributed by atoms with Crippen LogP contribution >= 0.6 is 0 Å². The highest BCUT2D eigenvalue weighted by Crippen LogP contribution is 2.17. The van der Waals surface area contributed by atoms with Crippen LogP contribution in [0.25, 0.3) is 0 Å². The van der Waals surface area contributed by atoms with E-state index in [1.54, 1.807) is 12.1 Å². The maximum Gasteiger partial charge on any atom is 0.325 e. The minimum absolute atomic E-state index is 0.128. The Morgan fingerprint density at radius 3 is 2.38 bits per heavy atom. The van der Waals surface area contributed by atoms with Crippen LogP contribution in [-0.4, -0.2) is 30.9 Å². The quantitative estimate of drug-likeness (QED) is 0.638. The number of aryl methyl sites for hydroxylation is 2. The number of benzene rings is 2. The molecule has 0 aromatic heterocycles. The Balaban J connectivity index is 1.78. The number of carbonyl (C=O) groups excluding carboxylic acids is 3. The average Bonchev–Trinajstić information content (AvgIpc) is 2.72. The molecule has 0 fully saturated rings. The van der Waals surface area contributed by atoms with Crippen molar-refractivity contribution in [3.63, 3.8) is 0 Å². The highest BCUT2D eigenvalue weighted by molar-refractivity contribution is 5.96. The molecule has 1 atom stereocenters. The van der Waals surface area contributed by atoms with Crippen LogP contribution in [0.3, 0.4) is 0 Å². The van der Waals surface area contributed by atoms with Gasteiger partial charge in [0.1, 0.15) is 6.54 Å². The van der Waals surface area contributed by atoms with E-state index in [-0.39, 0.29) is 31.0 Å². The molecule has 0 bridgehead atoms. The highest BCUT2D eigenvalue weighted by atomic mass is 16.5. The predicted molar refractivity (Wildman–Crippen MR) is 111 cm³/mol. The van der Waals surface area contributed by atoms with Crippen molar-refractivity contribution in [2.45, 2.75) is 39.7 Å². The molecule has 2 rings (SSSR count). The van der Waals surface area contributed by atoms with Crippen molar-refractivity contribution in [3.05, 3.63) is 70.8 Å². The number of carbonyl (C=O) groups is 3. The second kappa shape index (κ2) is 11.0. The summed E-state index contributed by atoms with van der Waals surface area (Å²) in [6.07, 6.45) is 1.69. The molecule has 0 spiro atoms. The number of hydrogen-bond acceptors (Lipinski definition) is 4. The summed E-state index contributed by atoms with van der Waals surface area (Å²) in [7, 11) is 0. The number of rotatable bonds is 9. The molecule has 29 heavy (non-hydrogen) atoms. The van der Waals surface area contributed by atoms with Gasteiger partial charge in [0, 0.05) is 5.56 Å². The molecule has 0 aliphatic heterocycles. The smallest absolute Gasteiger partial charge is 0.325 e. The van der Waals surface area contributed by atoms with Crippen molar-refractivity contribution in [3.8, 4) is 0 Å². The molecular weight excluding hydrogens is 368 g/mol. The maximum atomic E-state index is 12.2. The molecule has 2 amide bonds. The lowest BCUT2D eigenvalue weighted by molar-refractivity contribution is -0.147. The van der Waals surface area contributed by atoms with Gasteiger partial charge in [0.25, 0.3) is 11.8 Å². The first kappa shape index (κ1) is 22.1. The first-order valence-corrected chi connectivity index (χ1v) is 9.76. The van der Waals surface area contributed by atoms with E-state index in [1.165, 1.54) is 0 Å². The van der Waals surface area contributed by atoms with Gasteiger partial charge >= 0.3 is 5.97 Å². The molecule has 6 heteroatoms. The van der Waals surface area contributed by atoms with Gasteiger partial charge < -0.3 is 15.4 Å². The van der Waals surface area contributed by atoms with Crippen molar-refractivity contribution in [2.24, 2.45) is 0 Å². The number of nitrogens with one attached hydrogen (secondary N) is 2. The summed E-state index contributed by atoms with van der Waals surface area (Å²) >= 11 is 0. The third kappa shape index (κ3) is 7.07. The zero-order chi connectivity index (χ0) is 21.2. The molecule has 2 N–H and O–H groups in total. The van der Waals surface area contributed by atoms with Gasteiger partial charge in [0.05, 0.1) is 6.04 Å². The highest BCUT2D eigenvalue weighted by Gasteiger charge is 2.15. The SMILES string of the molecule is CCC[C@H](NC(=O)COC(=O)CNC(=O)c1ccc(C)c(C)c1)c1ccccc1. The summed E-state index contributed by atoms with van der Waals surface area (Å²) in [5, 5.41) is 5.40. The molecule has 6 nitrogen and oxygen atoms in total. The molecule has 2 aromatic carbocycles. The summed E-state index contributed by atoms with van der Waals surface area (Å²) in [6, 6.07) is 14.9. The molecule has 0 saturated carbocycles. The topological polar surface area (TPSA) is 84.5 Å². The number of esters is 1. The van der Waals surface area contributed by atoms with Gasteiger partial charge in [-0.2, -0.15) is 0 Å². The van der Waals surface area contributed by atoms with Crippen molar-refractivity contribution >= 4 is 17.8 Å². The van der Waals surface area contributed by atoms with E-state index in [9.17, 15) is 14.4 Å². The van der Waals surface area contributed by atoms with Crippen LogP contribution in [0, 0.1) is 13.8 Å². The minimum atomic E-state index is -0.663. The van der Waals surface area contributed by atoms with E-state index >= 15 is 0 Å². The zero-order valence-electron chi connectivity index (χ0n) is 17.2. The van der Waals surface area contributed by atoms with Gasteiger partial charge in [-0.05, 0) is 49.1 Å². The molecular formula is C23H28N2O4. The van der Waals surface area contributed by atoms with Crippen LogP contribution < -0.4 is 10.6 Å². The van der Waals surface area contributed by atoms with Gasteiger partial charge in [-0.1, -0.05) is 49.7 Å². The summed E-state index contributed by atoms with van der Waals surface area (Å²) < 4.78 is 4.98.